The first-order valence-electron chi connectivity index (χ1n) is 6.08. The molecule has 0 unspecified atom stereocenters. The second-order valence-electron chi connectivity index (χ2n) is 4.48. The van der Waals surface area contributed by atoms with Gasteiger partial charge in [0.2, 0.25) is 0 Å². The summed E-state index contributed by atoms with van der Waals surface area (Å²) in [5, 5.41) is 2.92. The van der Waals surface area contributed by atoms with Crippen molar-refractivity contribution in [1.82, 2.24) is 0 Å². The average molecular weight is 288 g/mol. The number of rotatable bonds is 3. The first-order valence-corrected chi connectivity index (χ1v) is 6.96. The summed E-state index contributed by atoms with van der Waals surface area (Å²) < 4.78 is 27.3. The van der Waals surface area contributed by atoms with Gasteiger partial charge < -0.3 is 0 Å². The summed E-state index contributed by atoms with van der Waals surface area (Å²) in [5.41, 5.74) is 0.797. The predicted molar refractivity (Wildman–Crippen MR) is 76.2 cm³/mol. The van der Waals surface area contributed by atoms with Crippen LogP contribution in [-0.2, 0) is 6.42 Å². The molecule has 1 aromatic heterocycles. The Morgan fingerprint density at radius 2 is 1.95 bits per heavy atom. The second-order valence-corrected chi connectivity index (χ2v) is 5.40. The van der Waals surface area contributed by atoms with E-state index in [1.807, 2.05) is 23.6 Å². The highest BCUT2D eigenvalue weighted by atomic mass is 32.1. The van der Waals surface area contributed by atoms with Crippen LogP contribution < -0.4 is 0 Å². The molecule has 0 aliphatic rings. The minimum atomic E-state index is -0.684. The Bertz CT molecular complexity index is 792. The Labute approximate surface area is 118 Å². The molecule has 0 aliphatic heterocycles. The minimum Gasteiger partial charge on any atom is -0.294 e. The van der Waals surface area contributed by atoms with Gasteiger partial charge in [0.1, 0.15) is 11.6 Å². The van der Waals surface area contributed by atoms with Crippen LogP contribution in [0.3, 0.4) is 0 Å². The number of halogens is 2. The van der Waals surface area contributed by atoms with Crippen molar-refractivity contribution in [3.05, 3.63) is 70.6 Å². The minimum absolute atomic E-state index is 0.0663. The molecular formula is C16H10F2OS. The van der Waals surface area contributed by atoms with E-state index in [2.05, 4.69) is 0 Å². The number of benzene rings is 2. The second kappa shape index (κ2) is 5.13. The van der Waals surface area contributed by atoms with Gasteiger partial charge in [-0.25, -0.2) is 8.78 Å². The van der Waals surface area contributed by atoms with Crippen molar-refractivity contribution in [1.29, 1.82) is 0 Å². The van der Waals surface area contributed by atoms with Crippen molar-refractivity contribution in [3.8, 4) is 0 Å². The van der Waals surface area contributed by atoms with Gasteiger partial charge in [-0.1, -0.05) is 18.2 Å². The molecule has 0 spiro atoms. The smallest absolute Gasteiger partial charge is 0.168 e. The number of thiophene rings is 1. The van der Waals surface area contributed by atoms with E-state index in [1.165, 1.54) is 17.4 Å². The van der Waals surface area contributed by atoms with Crippen LogP contribution in [0.4, 0.5) is 8.78 Å². The maximum absolute atomic E-state index is 13.6. The van der Waals surface area contributed by atoms with Crippen LogP contribution in [0.1, 0.15) is 15.9 Å². The van der Waals surface area contributed by atoms with Crippen LogP contribution in [0, 0.1) is 11.6 Å². The Hall–Kier alpha value is -2.07. The number of hydrogen-bond acceptors (Lipinski definition) is 2. The van der Waals surface area contributed by atoms with Gasteiger partial charge in [0.05, 0.1) is 0 Å². The number of carbonyl (C=O) groups is 1. The molecule has 3 rings (SSSR count). The quantitative estimate of drug-likeness (QED) is 0.643. The Morgan fingerprint density at radius 1 is 1.10 bits per heavy atom. The van der Waals surface area contributed by atoms with Gasteiger partial charge in [0.25, 0.3) is 0 Å². The fraction of sp³-hybridized carbons (Fsp3) is 0.0625. The highest BCUT2D eigenvalue weighted by molar-refractivity contribution is 7.17. The number of hydrogen-bond donors (Lipinski definition) is 0. The SMILES string of the molecule is O=C(Cc1ccc(F)cc1F)c1cccc2ccsc12. The van der Waals surface area contributed by atoms with Gasteiger partial charge in [0, 0.05) is 22.8 Å². The van der Waals surface area contributed by atoms with Crippen LogP contribution in [0.15, 0.2) is 47.8 Å². The fourth-order valence-electron chi connectivity index (χ4n) is 2.15. The van der Waals surface area contributed by atoms with Crippen molar-refractivity contribution < 1.29 is 13.6 Å². The topological polar surface area (TPSA) is 17.1 Å². The summed E-state index contributed by atoms with van der Waals surface area (Å²) in [7, 11) is 0. The molecule has 0 N–H and O–H groups in total. The van der Waals surface area contributed by atoms with Gasteiger partial charge in [-0.2, -0.15) is 0 Å². The molecular weight excluding hydrogens is 278 g/mol. The van der Waals surface area contributed by atoms with Crippen molar-refractivity contribution in [2.75, 3.05) is 0 Å². The summed E-state index contributed by atoms with van der Waals surface area (Å²) in [5.74, 6) is -1.49. The average Bonchev–Trinajstić information content (AvgIpc) is 2.90. The monoisotopic (exact) mass is 288 g/mol. The van der Waals surface area contributed by atoms with Gasteiger partial charge in [-0.3, -0.25) is 4.79 Å². The summed E-state index contributed by atoms with van der Waals surface area (Å²) in [4.78, 5) is 12.3. The van der Waals surface area contributed by atoms with E-state index in [-0.39, 0.29) is 17.8 Å². The lowest BCUT2D eigenvalue weighted by molar-refractivity contribution is 0.0993. The normalized spacial score (nSPS) is 10.9. The Kier molecular flexibility index (Phi) is 3.32. The first-order chi connectivity index (χ1) is 9.65. The summed E-state index contributed by atoms with van der Waals surface area (Å²) in [6, 6.07) is 10.7. The number of Topliss-reactive ketones (excluding diaryl/α,β-unsaturated/α-hetero) is 1. The van der Waals surface area contributed by atoms with Gasteiger partial charge in [-0.05, 0) is 34.5 Å². The molecule has 4 heteroatoms. The zero-order chi connectivity index (χ0) is 14.1. The molecule has 0 saturated heterocycles. The fourth-order valence-corrected chi connectivity index (χ4v) is 3.08. The molecule has 2 aromatic carbocycles. The molecule has 0 bridgehead atoms. The number of ketones is 1. The van der Waals surface area contributed by atoms with Gasteiger partial charge >= 0.3 is 0 Å². The van der Waals surface area contributed by atoms with E-state index < -0.39 is 11.6 Å². The van der Waals surface area contributed by atoms with E-state index in [0.717, 1.165) is 22.2 Å². The lowest BCUT2D eigenvalue weighted by Crippen LogP contribution is -2.05. The van der Waals surface area contributed by atoms with E-state index in [9.17, 15) is 13.6 Å². The zero-order valence-electron chi connectivity index (χ0n) is 10.4. The van der Waals surface area contributed by atoms with Crippen LogP contribution >= 0.6 is 11.3 Å². The molecule has 3 aromatic rings. The van der Waals surface area contributed by atoms with Crippen molar-refractivity contribution >= 4 is 27.2 Å². The highest BCUT2D eigenvalue weighted by Gasteiger charge is 2.14. The lowest BCUT2D eigenvalue weighted by Gasteiger charge is -2.04. The summed E-state index contributed by atoms with van der Waals surface area (Å²) >= 11 is 1.48. The molecule has 0 saturated carbocycles. The predicted octanol–water partition coefficient (Wildman–Crippen LogP) is 4.60. The van der Waals surface area contributed by atoms with Crippen molar-refractivity contribution in [3.63, 3.8) is 0 Å². The largest absolute Gasteiger partial charge is 0.294 e. The van der Waals surface area contributed by atoms with Crippen LogP contribution in [0.5, 0.6) is 0 Å². The highest BCUT2D eigenvalue weighted by Crippen LogP contribution is 2.26. The van der Waals surface area contributed by atoms with E-state index in [1.54, 1.807) is 6.07 Å². The Morgan fingerprint density at radius 3 is 2.75 bits per heavy atom. The molecule has 0 aliphatic carbocycles. The third-order valence-electron chi connectivity index (χ3n) is 3.15. The standard InChI is InChI=1S/C16H10F2OS/c17-12-5-4-11(14(18)9-12)8-15(19)13-3-1-2-10-6-7-20-16(10)13/h1-7,9H,8H2. The maximum Gasteiger partial charge on any atom is 0.168 e. The van der Waals surface area contributed by atoms with E-state index >= 15 is 0 Å². The molecule has 0 radical (unpaired) electrons. The maximum atomic E-state index is 13.6. The van der Waals surface area contributed by atoms with E-state index in [4.69, 9.17) is 0 Å². The van der Waals surface area contributed by atoms with E-state index in [0.29, 0.717) is 5.56 Å². The molecule has 20 heavy (non-hydrogen) atoms. The zero-order valence-corrected chi connectivity index (χ0v) is 11.2. The van der Waals surface area contributed by atoms with Crippen molar-refractivity contribution in [2.45, 2.75) is 6.42 Å². The van der Waals surface area contributed by atoms with Gasteiger partial charge in [0.15, 0.2) is 5.78 Å². The molecule has 0 amide bonds. The first kappa shape index (κ1) is 12.9. The summed E-state index contributed by atoms with van der Waals surface area (Å²) in [6.45, 7) is 0. The van der Waals surface area contributed by atoms with Crippen LogP contribution in [0.25, 0.3) is 10.1 Å². The third-order valence-corrected chi connectivity index (χ3v) is 4.11. The molecule has 1 heterocycles. The van der Waals surface area contributed by atoms with Crippen LogP contribution in [-0.4, -0.2) is 5.78 Å². The molecule has 1 nitrogen and oxygen atoms in total. The molecule has 0 fully saturated rings. The van der Waals surface area contributed by atoms with Crippen LogP contribution in [0.2, 0.25) is 0 Å². The summed E-state index contributed by atoms with van der Waals surface area (Å²) in [6.07, 6.45) is -0.0663. The molecule has 0 atom stereocenters. The molecule has 100 valence electrons. The third kappa shape index (κ3) is 2.34. The lowest BCUT2D eigenvalue weighted by atomic mass is 10.0. The van der Waals surface area contributed by atoms with Crippen molar-refractivity contribution in [2.24, 2.45) is 0 Å². The van der Waals surface area contributed by atoms with Gasteiger partial charge in [-0.15, -0.1) is 11.3 Å². The Balaban J connectivity index is 1.95. The number of carbonyl (C=O) groups excluding carboxylic acids is 1. The number of fused-ring (bicyclic) bond motifs is 1.